The maximum absolute atomic E-state index is 14.5. The molecule has 4 fully saturated rings. The summed E-state index contributed by atoms with van der Waals surface area (Å²) < 4.78 is 30.2. The molecule has 346 valence electrons. The van der Waals surface area contributed by atoms with E-state index in [2.05, 4.69) is 38.1 Å². The fourth-order valence-corrected chi connectivity index (χ4v) is 10.0. The molecule has 2 saturated heterocycles. The van der Waals surface area contributed by atoms with Crippen LogP contribution in [-0.2, 0) is 42.9 Å². The number of esters is 1. The number of aliphatic hydroxyl groups excluding tert-OH is 2. The van der Waals surface area contributed by atoms with Crippen molar-refractivity contribution in [2.45, 2.75) is 180 Å². The predicted octanol–water partition coefficient (Wildman–Crippen LogP) is 5.69. The molecule has 3 heterocycles. The standard InChI is InChI=1S/C47H76N2O12/c1-10-34-20-27(2)19-28(3)21-40(57-8)43-41(58-9)23-30(5)47(55,61-43)44(52)45(53)49-18-12-11-13-36(49)46(54)60-42(29(4)22-33-16-17-37(50)39(24-33)56-7)31(6)38(51)25-35(34)48-59-26-32-14-15-32/h20,22,28,30-34,36-43,50-51,55H,10-19,21,23-26H2,1-9H3/b27-20+,29-22+,48-35-/t28-,30+,31+,33-,34+,36-,37+,38-,39+,40-,41-,42+,43+,47+/m0/s1. The van der Waals surface area contributed by atoms with Crippen molar-refractivity contribution in [1.29, 1.82) is 0 Å². The summed E-state index contributed by atoms with van der Waals surface area (Å²) in [4.78, 5) is 50.3. The van der Waals surface area contributed by atoms with Gasteiger partial charge >= 0.3 is 5.97 Å². The van der Waals surface area contributed by atoms with Crippen LogP contribution in [0.5, 0.6) is 0 Å². The maximum atomic E-state index is 14.5. The molecule has 14 atom stereocenters. The summed E-state index contributed by atoms with van der Waals surface area (Å²) in [6, 6.07) is -1.11. The number of carbonyl (C=O) groups excluding carboxylic acids is 3. The Morgan fingerprint density at radius 1 is 0.918 bits per heavy atom. The molecule has 14 nitrogen and oxygen atoms in total. The topological polar surface area (TPSA) is 183 Å². The van der Waals surface area contributed by atoms with Crippen LogP contribution in [0, 0.1) is 35.5 Å². The third-order valence-electron chi connectivity index (χ3n) is 14.1. The molecule has 0 unspecified atom stereocenters. The van der Waals surface area contributed by atoms with Gasteiger partial charge in [0, 0.05) is 52.0 Å². The predicted molar refractivity (Wildman–Crippen MR) is 229 cm³/mol. The van der Waals surface area contributed by atoms with Crippen molar-refractivity contribution in [2.24, 2.45) is 40.7 Å². The van der Waals surface area contributed by atoms with E-state index in [-0.39, 0.29) is 49.7 Å². The van der Waals surface area contributed by atoms with E-state index in [1.54, 1.807) is 28.3 Å². The molecule has 5 rings (SSSR count). The number of cyclic esters (lactones) is 1. The first-order valence-corrected chi connectivity index (χ1v) is 23.0. The number of carbonyl (C=O) groups is 3. The average molecular weight is 861 g/mol. The number of piperidine rings is 1. The van der Waals surface area contributed by atoms with E-state index < -0.39 is 77.9 Å². The number of ether oxygens (including phenoxy) is 5. The lowest BCUT2D eigenvalue weighted by Gasteiger charge is -2.47. The van der Waals surface area contributed by atoms with Crippen molar-refractivity contribution in [1.82, 2.24) is 4.90 Å². The normalized spacial score (nSPS) is 41.0. The molecule has 3 N–H and O–H groups in total. The van der Waals surface area contributed by atoms with Crippen LogP contribution < -0.4 is 0 Å². The van der Waals surface area contributed by atoms with Gasteiger partial charge in [0.05, 0.1) is 36.2 Å². The number of hydrogen-bond acceptors (Lipinski definition) is 13. The van der Waals surface area contributed by atoms with Crippen LogP contribution in [-0.4, -0.2) is 133 Å². The Bertz CT molecular complexity index is 1580. The molecular formula is C47H76N2O12. The largest absolute Gasteiger partial charge is 0.456 e. The zero-order valence-electron chi connectivity index (χ0n) is 38.3. The van der Waals surface area contributed by atoms with Gasteiger partial charge in [0.1, 0.15) is 24.9 Å². The summed E-state index contributed by atoms with van der Waals surface area (Å²) >= 11 is 0. The van der Waals surface area contributed by atoms with Gasteiger partial charge in [-0.15, -0.1) is 0 Å². The minimum absolute atomic E-state index is 0.0253. The Hall–Kier alpha value is -2.72. The fraction of sp³-hybridized carbons (Fsp3) is 0.830. The molecule has 2 aliphatic carbocycles. The SMILES string of the molecule is CC[C@@H]1/C=C(\C)C[C@H](C)C[C@H](OC)[C@H]2O[C@@](O)(C(=O)C(=O)N3CCCC[C@H]3C(=O)O[C@H](/C(C)=C/[C@@H]3CC[C@@H](O)[C@H](OC)C3)[C@H](C)[C@@H](O)C/C1=N/OCC1CC1)[C@H](C)C[C@@H]2OC. The number of rotatable bonds is 9. The second-order valence-electron chi connectivity index (χ2n) is 19.0. The molecule has 14 heteroatoms. The highest BCUT2D eigenvalue weighted by atomic mass is 16.7. The smallest absolute Gasteiger partial charge is 0.329 e. The van der Waals surface area contributed by atoms with Gasteiger partial charge in [-0.25, -0.2) is 4.79 Å². The van der Waals surface area contributed by atoms with Crippen LogP contribution >= 0.6 is 0 Å². The van der Waals surface area contributed by atoms with Crippen LogP contribution in [0.2, 0.25) is 0 Å². The third-order valence-corrected chi connectivity index (χ3v) is 14.1. The molecule has 3 aliphatic heterocycles. The van der Waals surface area contributed by atoms with Gasteiger partial charge in [-0.1, -0.05) is 50.6 Å². The van der Waals surface area contributed by atoms with E-state index >= 15 is 0 Å². The average Bonchev–Trinajstić information content (AvgIpc) is 4.08. The van der Waals surface area contributed by atoms with Crippen LogP contribution in [0.1, 0.15) is 125 Å². The number of aliphatic hydroxyl groups is 3. The van der Waals surface area contributed by atoms with Crippen molar-refractivity contribution in [3.8, 4) is 0 Å². The Labute approximate surface area is 363 Å². The summed E-state index contributed by atoms with van der Waals surface area (Å²) in [6.07, 6.45) is 7.29. The zero-order chi connectivity index (χ0) is 44.6. The highest BCUT2D eigenvalue weighted by Gasteiger charge is 2.56. The van der Waals surface area contributed by atoms with Gasteiger partial charge in [0.25, 0.3) is 11.7 Å². The van der Waals surface area contributed by atoms with E-state index in [0.717, 1.165) is 24.0 Å². The van der Waals surface area contributed by atoms with Crippen LogP contribution in [0.4, 0.5) is 0 Å². The van der Waals surface area contributed by atoms with E-state index in [9.17, 15) is 29.7 Å². The summed E-state index contributed by atoms with van der Waals surface area (Å²) in [5.41, 5.74) is 2.55. The van der Waals surface area contributed by atoms with Gasteiger partial charge < -0.3 is 48.7 Å². The number of fused-ring (bicyclic) bond motifs is 3. The number of oxime groups is 1. The van der Waals surface area contributed by atoms with E-state index in [0.29, 0.717) is 69.6 Å². The van der Waals surface area contributed by atoms with Crippen LogP contribution in [0.3, 0.4) is 0 Å². The number of hydrogen-bond donors (Lipinski definition) is 3. The Kier molecular flexibility index (Phi) is 18.0. The molecule has 0 radical (unpaired) electrons. The van der Waals surface area contributed by atoms with Crippen molar-refractivity contribution < 1.29 is 58.2 Å². The van der Waals surface area contributed by atoms with Gasteiger partial charge in [0.15, 0.2) is 0 Å². The molecule has 0 aromatic carbocycles. The Morgan fingerprint density at radius 3 is 2.26 bits per heavy atom. The highest BCUT2D eigenvalue weighted by Crippen LogP contribution is 2.39. The molecule has 2 saturated carbocycles. The first-order chi connectivity index (χ1) is 29.0. The summed E-state index contributed by atoms with van der Waals surface area (Å²) in [5.74, 6) is -6.32. The van der Waals surface area contributed by atoms with Crippen molar-refractivity contribution in [3.05, 3.63) is 23.3 Å². The second-order valence-corrected chi connectivity index (χ2v) is 19.0. The van der Waals surface area contributed by atoms with Gasteiger partial charge in [0.2, 0.25) is 5.79 Å². The number of amides is 1. The summed E-state index contributed by atoms with van der Waals surface area (Å²) in [6.45, 7) is 12.3. The molecule has 1 amide bonds. The van der Waals surface area contributed by atoms with Gasteiger partial charge in [-0.3, -0.25) is 9.59 Å². The summed E-state index contributed by atoms with van der Waals surface area (Å²) in [7, 11) is 4.71. The van der Waals surface area contributed by atoms with Crippen LogP contribution in [0.25, 0.3) is 0 Å². The van der Waals surface area contributed by atoms with Crippen LogP contribution in [0.15, 0.2) is 28.5 Å². The molecular weight excluding hydrogens is 785 g/mol. The highest BCUT2D eigenvalue weighted by molar-refractivity contribution is 6.39. The lowest BCUT2D eigenvalue weighted by atomic mass is 9.81. The lowest BCUT2D eigenvalue weighted by Crippen LogP contribution is -2.64. The second kappa shape index (κ2) is 22.3. The molecule has 0 aromatic rings. The lowest BCUT2D eigenvalue weighted by molar-refractivity contribution is -0.302. The molecule has 0 spiro atoms. The minimum Gasteiger partial charge on any atom is -0.456 e. The fourth-order valence-electron chi connectivity index (χ4n) is 10.0. The minimum atomic E-state index is -2.49. The third kappa shape index (κ3) is 12.3. The first-order valence-electron chi connectivity index (χ1n) is 23.0. The molecule has 5 aliphatic rings. The van der Waals surface area contributed by atoms with Crippen molar-refractivity contribution >= 4 is 23.4 Å². The molecule has 0 aromatic heterocycles. The number of nitrogens with zero attached hydrogens (tertiary/aromatic N) is 2. The van der Waals surface area contributed by atoms with E-state index in [1.165, 1.54) is 4.90 Å². The summed E-state index contributed by atoms with van der Waals surface area (Å²) in [5, 5.41) is 39.5. The molecule has 2 bridgehead atoms. The number of ketones is 1. The van der Waals surface area contributed by atoms with Gasteiger partial charge in [-0.2, -0.15) is 0 Å². The van der Waals surface area contributed by atoms with Crippen molar-refractivity contribution in [2.75, 3.05) is 34.5 Å². The first kappa shape index (κ1) is 49.3. The van der Waals surface area contributed by atoms with E-state index in [4.69, 9.17) is 28.5 Å². The maximum Gasteiger partial charge on any atom is 0.329 e. The van der Waals surface area contributed by atoms with E-state index in [1.807, 2.05) is 13.8 Å². The number of allylic oxidation sites excluding steroid dienone is 3. The number of methoxy groups -OCH3 is 3. The zero-order valence-corrected chi connectivity index (χ0v) is 38.3. The van der Waals surface area contributed by atoms with Crippen molar-refractivity contribution in [3.63, 3.8) is 0 Å². The quantitative estimate of drug-likeness (QED) is 0.112. The Balaban J connectivity index is 1.56. The van der Waals surface area contributed by atoms with Gasteiger partial charge in [-0.05, 0) is 114 Å². The number of Topliss-reactive ketones (excluding diaryl/α,β-unsaturated/α-hetero) is 1. The Morgan fingerprint density at radius 2 is 1.61 bits per heavy atom. The monoisotopic (exact) mass is 861 g/mol. The molecule has 61 heavy (non-hydrogen) atoms.